The van der Waals surface area contributed by atoms with Crippen molar-refractivity contribution in [3.8, 4) is 0 Å². The van der Waals surface area contributed by atoms with Gasteiger partial charge in [0.25, 0.3) is 0 Å². The highest BCUT2D eigenvalue weighted by Gasteiger charge is 2.19. The second kappa shape index (κ2) is 45.6. The van der Waals surface area contributed by atoms with Crippen molar-refractivity contribution in [1.29, 1.82) is 0 Å². The van der Waals surface area contributed by atoms with Gasteiger partial charge in [-0.25, -0.2) is 0 Å². The largest absolute Gasteiger partial charge is 0.462 e. The van der Waals surface area contributed by atoms with E-state index in [1.807, 2.05) is 6.08 Å². The summed E-state index contributed by atoms with van der Waals surface area (Å²) in [5, 5.41) is 0. The van der Waals surface area contributed by atoms with Gasteiger partial charge in [-0.3, -0.25) is 14.4 Å². The molecule has 0 bridgehead atoms. The lowest BCUT2D eigenvalue weighted by Gasteiger charge is -2.18. The molecule has 1 unspecified atom stereocenters. The molecule has 0 spiro atoms. The molecule has 0 aromatic heterocycles. The van der Waals surface area contributed by atoms with Crippen LogP contribution >= 0.6 is 0 Å². The smallest absolute Gasteiger partial charge is 0.306 e. The molecule has 0 saturated carbocycles. The average molecular weight is 795 g/mol. The zero-order valence-corrected chi connectivity index (χ0v) is 37.1. The van der Waals surface area contributed by atoms with Crippen molar-refractivity contribution in [3.05, 3.63) is 72.9 Å². The van der Waals surface area contributed by atoms with Crippen molar-refractivity contribution in [2.24, 2.45) is 0 Å². The van der Waals surface area contributed by atoms with E-state index in [0.717, 1.165) is 96.3 Å². The van der Waals surface area contributed by atoms with Crippen LogP contribution in [0.3, 0.4) is 0 Å². The monoisotopic (exact) mass is 795 g/mol. The fraction of sp³-hybridized carbons (Fsp3) is 0.706. The van der Waals surface area contributed by atoms with E-state index in [-0.39, 0.29) is 37.5 Å². The Bertz CT molecular complexity index is 1100. The molecule has 57 heavy (non-hydrogen) atoms. The molecule has 0 aliphatic rings. The molecule has 0 rings (SSSR count). The topological polar surface area (TPSA) is 78.9 Å². The van der Waals surface area contributed by atoms with Gasteiger partial charge >= 0.3 is 17.9 Å². The van der Waals surface area contributed by atoms with Crippen molar-refractivity contribution >= 4 is 17.9 Å². The van der Waals surface area contributed by atoms with Crippen LogP contribution in [0.25, 0.3) is 0 Å². The summed E-state index contributed by atoms with van der Waals surface area (Å²) in [5.74, 6) is -1.02. The number of carbonyl (C=O) groups is 3. The van der Waals surface area contributed by atoms with Crippen molar-refractivity contribution in [2.75, 3.05) is 13.2 Å². The number of rotatable bonds is 41. The van der Waals surface area contributed by atoms with E-state index in [0.29, 0.717) is 19.3 Å². The summed E-state index contributed by atoms with van der Waals surface area (Å²) in [6.45, 7) is 6.40. The quantitative estimate of drug-likeness (QED) is 0.0265. The van der Waals surface area contributed by atoms with E-state index in [9.17, 15) is 14.4 Å². The molecule has 326 valence electrons. The number of hydrogen-bond donors (Lipinski definition) is 0. The van der Waals surface area contributed by atoms with Gasteiger partial charge in [0, 0.05) is 19.3 Å². The molecule has 0 saturated heterocycles. The van der Waals surface area contributed by atoms with Crippen LogP contribution in [0.2, 0.25) is 0 Å². The predicted molar refractivity (Wildman–Crippen MR) is 242 cm³/mol. The van der Waals surface area contributed by atoms with Crippen LogP contribution in [0.1, 0.15) is 213 Å². The number of ether oxygens (including phenoxy) is 3. The van der Waals surface area contributed by atoms with Crippen molar-refractivity contribution in [3.63, 3.8) is 0 Å². The summed E-state index contributed by atoms with van der Waals surface area (Å²) < 4.78 is 16.6. The Morgan fingerprint density at radius 2 is 0.719 bits per heavy atom. The normalized spacial score (nSPS) is 12.7. The molecule has 0 aromatic rings. The predicted octanol–water partition coefficient (Wildman–Crippen LogP) is 15.1. The maximum Gasteiger partial charge on any atom is 0.306 e. The second-order valence-electron chi connectivity index (χ2n) is 15.3. The third kappa shape index (κ3) is 43.8. The minimum Gasteiger partial charge on any atom is -0.462 e. The third-order valence-corrected chi connectivity index (χ3v) is 9.68. The van der Waals surface area contributed by atoms with E-state index in [1.165, 1.54) is 70.6 Å². The van der Waals surface area contributed by atoms with E-state index in [2.05, 4.69) is 87.6 Å². The highest BCUT2D eigenvalue weighted by atomic mass is 16.6. The van der Waals surface area contributed by atoms with Crippen molar-refractivity contribution in [1.82, 2.24) is 0 Å². The lowest BCUT2D eigenvalue weighted by Crippen LogP contribution is -2.30. The fourth-order valence-corrected chi connectivity index (χ4v) is 6.15. The van der Waals surface area contributed by atoms with Gasteiger partial charge in [0.15, 0.2) is 6.10 Å². The Morgan fingerprint density at radius 3 is 1.19 bits per heavy atom. The van der Waals surface area contributed by atoms with Crippen LogP contribution in [-0.4, -0.2) is 37.2 Å². The molecule has 1 atom stereocenters. The zero-order chi connectivity index (χ0) is 41.5. The summed E-state index contributed by atoms with van der Waals surface area (Å²) in [6, 6.07) is 0. The Kier molecular flexibility index (Phi) is 43.0. The molecule has 0 aliphatic carbocycles. The summed E-state index contributed by atoms with van der Waals surface area (Å²) in [5.41, 5.74) is 0. The SMILES string of the molecule is CC/C=C\C/C=C\C/C=C\CCCCCCC(=O)OCC(COC(=O)CCCCCCC/C=C\CCCCC)OC(=O)CC/C=C\C/C=C\CCCCCCCC. The molecule has 0 amide bonds. The first-order valence-electron chi connectivity index (χ1n) is 23.4. The lowest BCUT2D eigenvalue weighted by molar-refractivity contribution is -0.166. The maximum atomic E-state index is 12.7. The Balaban J connectivity index is 4.51. The minimum atomic E-state index is -0.816. The molecule has 0 fully saturated rings. The summed E-state index contributed by atoms with van der Waals surface area (Å²) in [4.78, 5) is 37.7. The first-order valence-corrected chi connectivity index (χ1v) is 23.4. The molecule has 6 nitrogen and oxygen atoms in total. The third-order valence-electron chi connectivity index (χ3n) is 9.68. The molecule has 0 heterocycles. The van der Waals surface area contributed by atoms with Gasteiger partial charge in [-0.2, -0.15) is 0 Å². The number of allylic oxidation sites excluding steroid dienone is 12. The van der Waals surface area contributed by atoms with Gasteiger partial charge in [0.1, 0.15) is 13.2 Å². The van der Waals surface area contributed by atoms with Crippen LogP contribution in [0, 0.1) is 0 Å². The van der Waals surface area contributed by atoms with Gasteiger partial charge in [0.05, 0.1) is 0 Å². The van der Waals surface area contributed by atoms with Gasteiger partial charge in [-0.1, -0.05) is 171 Å². The maximum absolute atomic E-state index is 12.7. The van der Waals surface area contributed by atoms with Gasteiger partial charge in [0.2, 0.25) is 0 Å². The highest BCUT2D eigenvalue weighted by Crippen LogP contribution is 2.12. The first-order chi connectivity index (χ1) is 28.0. The molecule has 0 radical (unpaired) electrons. The number of esters is 3. The first kappa shape index (κ1) is 53.9. The van der Waals surface area contributed by atoms with Crippen LogP contribution in [0.15, 0.2) is 72.9 Å². The summed E-state index contributed by atoms with van der Waals surface area (Å²) in [7, 11) is 0. The van der Waals surface area contributed by atoms with Crippen molar-refractivity contribution in [2.45, 2.75) is 219 Å². The van der Waals surface area contributed by atoms with E-state index in [4.69, 9.17) is 14.2 Å². The Hall–Kier alpha value is -3.15. The average Bonchev–Trinajstić information content (AvgIpc) is 3.21. The molecule has 0 aliphatic heterocycles. The Labute approximate surface area is 351 Å². The molecule has 0 N–H and O–H groups in total. The fourth-order valence-electron chi connectivity index (χ4n) is 6.15. The van der Waals surface area contributed by atoms with E-state index < -0.39 is 6.10 Å². The van der Waals surface area contributed by atoms with E-state index >= 15 is 0 Å². The van der Waals surface area contributed by atoms with Crippen LogP contribution in [0.5, 0.6) is 0 Å². The molecular weight excluding hydrogens is 709 g/mol. The summed E-state index contributed by atoms with van der Waals surface area (Å²) in [6.07, 6.45) is 56.1. The van der Waals surface area contributed by atoms with Gasteiger partial charge in [-0.15, -0.1) is 0 Å². The molecule has 6 heteroatoms. The van der Waals surface area contributed by atoms with Crippen LogP contribution in [-0.2, 0) is 28.6 Å². The van der Waals surface area contributed by atoms with Crippen LogP contribution < -0.4 is 0 Å². The zero-order valence-electron chi connectivity index (χ0n) is 37.1. The second-order valence-corrected chi connectivity index (χ2v) is 15.3. The highest BCUT2D eigenvalue weighted by molar-refractivity contribution is 5.71. The standard InChI is InChI=1S/C51H86O6/c1-4-7-10-13-16-19-22-25-27-29-32-35-38-41-44-50(53)56-47-48(46-55-49(52)43-40-37-34-31-28-24-21-18-15-12-9-6-3)57-51(54)45-42-39-36-33-30-26-23-20-17-14-11-8-5-2/h7,10,16,18-19,21,25-27,30,36,39,48H,4-6,8-9,11-15,17,20,22-24,28-29,31-35,37-38,40-47H2,1-3H3/b10-7-,19-16-,21-18-,27-25-,30-26-,39-36-. The van der Waals surface area contributed by atoms with Gasteiger partial charge in [-0.05, 0) is 96.3 Å². The van der Waals surface area contributed by atoms with Crippen molar-refractivity contribution < 1.29 is 28.6 Å². The Morgan fingerprint density at radius 1 is 0.368 bits per heavy atom. The number of hydrogen-bond acceptors (Lipinski definition) is 6. The van der Waals surface area contributed by atoms with Gasteiger partial charge < -0.3 is 14.2 Å². The molecule has 0 aromatic carbocycles. The van der Waals surface area contributed by atoms with Crippen LogP contribution in [0.4, 0.5) is 0 Å². The minimum absolute atomic E-state index is 0.110. The summed E-state index contributed by atoms with van der Waals surface area (Å²) >= 11 is 0. The molecular formula is C51H86O6. The number of unbranched alkanes of at least 4 members (excludes halogenated alkanes) is 18. The lowest BCUT2D eigenvalue weighted by atomic mass is 10.1. The van der Waals surface area contributed by atoms with E-state index in [1.54, 1.807) is 0 Å². The number of carbonyl (C=O) groups excluding carboxylic acids is 3.